The number of aliphatic carboxylic acids is 2. The van der Waals surface area contributed by atoms with Crippen molar-refractivity contribution in [2.45, 2.75) is 129 Å². The molecule has 0 N–H and O–H groups in total. The van der Waals surface area contributed by atoms with Gasteiger partial charge in [-0.2, -0.15) is 8.42 Å². The molecule has 0 rings (SSSR count). The van der Waals surface area contributed by atoms with E-state index in [1.807, 2.05) is 0 Å². The Hall–Kier alpha value is 0.850. The van der Waals surface area contributed by atoms with E-state index in [2.05, 4.69) is 13.8 Å². The summed E-state index contributed by atoms with van der Waals surface area (Å²) in [7, 11) is -3.29. The summed E-state index contributed by atoms with van der Waals surface area (Å²) >= 11 is 0. The van der Waals surface area contributed by atoms with Crippen LogP contribution in [0.2, 0.25) is 0 Å². The van der Waals surface area contributed by atoms with Crippen LogP contribution in [0, 0.1) is 0 Å². The number of carbonyl (C=O) groups is 2. The van der Waals surface area contributed by atoms with Gasteiger partial charge in [0.25, 0.3) is 10.1 Å². The van der Waals surface area contributed by atoms with E-state index in [-0.39, 0.29) is 64.9 Å². The SMILES string of the molecule is CCCCCCCCCCOS(=O)(=O)CCCCCCCCCC.O=C([O-])CCC(=O)[O-].[Na+].[Na+]. The van der Waals surface area contributed by atoms with Gasteiger partial charge in [-0.15, -0.1) is 0 Å². The van der Waals surface area contributed by atoms with Crippen LogP contribution in [0.4, 0.5) is 0 Å². The minimum Gasteiger partial charge on any atom is -0.550 e. The van der Waals surface area contributed by atoms with Crippen molar-refractivity contribution in [2.24, 2.45) is 0 Å². The first-order chi connectivity index (χ1) is 15.2. The van der Waals surface area contributed by atoms with E-state index in [4.69, 9.17) is 4.18 Å². The zero-order valence-electron chi connectivity index (χ0n) is 22.4. The number of hydrogen-bond acceptors (Lipinski definition) is 7. The Kier molecular flexibility index (Phi) is 39.3. The average molecular weight is 525 g/mol. The predicted molar refractivity (Wildman–Crippen MR) is 124 cm³/mol. The van der Waals surface area contributed by atoms with Crippen molar-refractivity contribution in [3.63, 3.8) is 0 Å². The van der Waals surface area contributed by atoms with Gasteiger partial charge < -0.3 is 19.8 Å². The molecule has 0 amide bonds. The molecule has 7 nitrogen and oxygen atoms in total. The van der Waals surface area contributed by atoms with Crippen LogP contribution in [0.15, 0.2) is 0 Å². The van der Waals surface area contributed by atoms with E-state index in [0.29, 0.717) is 6.61 Å². The van der Waals surface area contributed by atoms with Gasteiger partial charge in [0, 0.05) is 11.9 Å². The second-order valence-electron chi connectivity index (χ2n) is 8.28. The summed E-state index contributed by atoms with van der Waals surface area (Å²) < 4.78 is 28.7. The first kappa shape index (κ1) is 42.0. The van der Waals surface area contributed by atoms with Gasteiger partial charge in [-0.3, -0.25) is 4.18 Å². The summed E-state index contributed by atoms with van der Waals surface area (Å²) in [4.78, 5) is 19.0. The smallest absolute Gasteiger partial charge is 0.550 e. The minimum absolute atomic E-state index is 0. The Balaban J connectivity index is -0.000000385. The molecule has 0 aromatic carbocycles. The molecule has 0 heterocycles. The molecule has 0 unspecified atom stereocenters. The van der Waals surface area contributed by atoms with Crippen molar-refractivity contribution < 1.29 is 91.5 Å². The number of carboxylic acid groups (broad SMARTS) is 2. The van der Waals surface area contributed by atoms with Crippen LogP contribution in [0.25, 0.3) is 0 Å². The first-order valence-corrected chi connectivity index (χ1v) is 14.1. The van der Waals surface area contributed by atoms with Crippen LogP contribution in [0.1, 0.15) is 129 Å². The Morgan fingerprint density at radius 3 is 1.26 bits per heavy atom. The van der Waals surface area contributed by atoms with Gasteiger partial charge in [0.15, 0.2) is 0 Å². The standard InChI is InChI=1S/C20H42O3S.C4H6O4.2Na/c1-3-5-7-9-11-13-15-17-19-23-24(21,22)20-18-16-14-12-10-8-6-4-2;5-3(6)1-2-4(7)8;;/h3-20H2,1-2H3;1-2H2,(H,5,6)(H,7,8);;/q;;2*+1/p-2. The summed E-state index contributed by atoms with van der Waals surface area (Å²) in [5.41, 5.74) is 0. The summed E-state index contributed by atoms with van der Waals surface area (Å²) in [5, 5.41) is 19.0. The second-order valence-corrected chi connectivity index (χ2v) is 10.0. The topological polar surface area (TPSA) is 124 Å². The van der Waals surface area contributed by atoms with Crippen molar-refractivity contribution in [3.8, 4) is 0 Å². The molecule has 0 atom stereocenters. The number of hydrogen-bond donors (Lipinski definition) is 0. The Morgan fingerprint density at radius 2 is 0.912 bits per heavy atom. The van der Waals surface area contributed by atoms with Crippen molar-refractivity contribution in [1.29, 1.82) is 0 Å². The number of rotatable bonds is 22. The molecule has 0 aliphatic rings. The van der Waals surface area contributed by atoms with Crippen LogP contribution in [0.3, 0.4) is 0 Å². The van der Waals surface area contributed by atoms with E-state index in [1.54, 1.807) is 0 Å². The molecule has 0 aromatic heterocycles. The predicted octanol–water partition coefficient (Wildman–Crippen LogP) is -2.11. The molecule has 0 fully saturated rings. The van der Waals surface area contributed by atoms with Gasteiger partial charge >= 0.3 is 59.1 Å². The van der Waals surface area contributed by atoms with Gasteiger partial charge in [-0.25, -0.2) is 0 Å². The van der Waals surface area contributed by atoms with E-state index in [1.165, 1.54) is 70.6 Å². The number of unbranched alkanes of at least 4 members (excludes halogenated alkanes) is 14. The maximum absolute atomic E-state index is 11.8. The van der Waals surface area contributed by atoms with Crippen LogP contribution in [-0.4, -0.2) is 32.7 Å². The van der Waals surface area contributed by atoms with Crippen molar-refractivity contribution in [2.75, 3.05) is 12.4 Å². The van der Waals surface area contributed by atoms with Gasteiger partial charge in [-0.05, 0) is 25.7 Å². The van der Waals surface area contributed by atoms with Gasteiger partial charge in [0.1, 0.15) is 0 Å². The Morgan fingerprint density at radius 1 is 0.588 bits per heavy atom. The van der Waals surface area contributed by atoms with Crippen LogP contribution < -0.4 is 69.3 Å². The largest absolute Gasteiger partial charge is 1.00 e. The van der Waals surface area contributed by atoms with E-state index in [0.717, 1.165) is 32.1 Å². The molecule has 0 saturated heterocycles. The normalized spacial score (nSPS) is 10.4. The van der Waals surface area contributed by atoms with Crippen molar-refractivity contribution in [3.05, 3.63) is 0 Å². The third kappa shape index (κ3) is 40.0. The average Bonchev–Trinajstić information content (AvgIpc) is 2.73. The van der Waals surface area contributed by atoms with Gasteiger partial charge in [-0.1, -0.05) is 104 Å². The van der Waals surface area contributed by atoms with E-state index in [9.17, 15) is 28.2 Å². The summed E-state index contributed by atoms with van der Waals surface area (Å²) in [6.07, 6.45) is 18.1. The minimum atomic E-state index is -3.29. The monoisotopic (exact) mass is 524 g/mol. The quantitative estimate of drug-likeness (QED) is 0.0902. The molecule has 0 saturated carbocycles. The zero-order chi connectivity index (χ0) is 24.5. The van der Waals surface area contributed by atoms with E-state index < -0.39 is 34.9 Å². The maximum Gasteiger partial charge on any atom is 1.00 e. The Labute approximate surface area is 253 Å². The summed E-state index contributed by atoms with van der Waals surface area (Å²) in [6.45, 7) is 4.82. The summed E-state index contributed by atoms with van der Waals surface area (Å²) in [5.74, 6) is -2.54. The second kappa shape index (κ2) is 31.9. The zero-order valence-corrected chi connectivity index (χ0v) is 27.2. The third-order valence-corrected chi connectivity index (χ3v) is 6.36. The molecular formula is C24H46Na2O7S. The molecule has 0 bridgehead atoms. The fourth-order valence-electron chi connectivity index (χ4n) is 3.10. The van der Waals surface area contributed by atoms with Crippen LogP contribution in [0.5, 0.6) is 0 Å². The molecule has 34 heavy (non-hydrogen) atoms. The maximum atomic E-state index is 11.8. The molecule has 10 heteroatoms. The fraction of sp³-hybridized carbons (Fsp3) is 0.917. The molecule has 0 radical (unpaired) electrons. The first-order valence-electron chi connectivity index (χ1n) is 12.5. The van der Waals surface area contributed by atoms with Crippen LogP contribution >= 0.6 is 0 Å². The number of carbonyl (C=O) groups excluding carboxylic acids is 2. The third-order valence-electron chi connectivity index (χ3n) is 5.04. The molecule has 0 aromatic rings. The van der Waals surface area contributed by atoms with Crippen molar-refractivity contribution >= 4 is 22.1 Å². The molecule has 0 spiro atoms. The molecule has 0 aliphatic heterocycles. The number of carboxylic acids is 2. The van der Waals surface area contributed by atoms with Gasteiger partial charge in [0.05, 0.1) is 12.4 Å². The molecule has 192 valence electrons. The summed E-state index contributed by atoms with van der Waals surface area (Å²) in [6, 6.07) is 0. The van der Waals surface area contributed by atoms with Gasteiger partial charge in [0.2, 0.25) is 0 Å². The van der Waals surface area contributed by atoms with Crippen LogP contribution in [-0.2, 0) is 23.9 Å². The van der Waals surface area contributed by atoms with Crippen molar-refractivity contribution in [1.82, 2.24) is 0 Å². The fourth-order valence-corrected chi connectivity index (χ4v) is 4.14. The molecular weight excluding hydrogens is 478 g/mol. The Bertz CT molecular complexity index is 529. The molecule has 0 aliphatic carbocycles. The van der Waals surface area contributed by atoms with E-state index >= 15 is 0 Å².